The largest absolute Gasteiger partial charge is 0.494 e. The van der Waals surface area contributed by atoms with Gasteiger partial charge >= 0.3 is 12.8 Å². The molecule has 4 aliphatic heterocycles. The number of nitrogens with two attached hydrogens (primary N) is 2. The highest BCUT2D eigenvalue weighted by Gasteiger charge is 2.51. The van der Waals surface area contributed by atoms with Gasteiger partial charge in [0.1, 0.15) is 5.69 Å². The van der Waals surface area contributed by atoms with Gasteiger partial charge in [0.25, 0.3) is 5.69 Å². The maximum atomic E-state index is 12.6. The smallest absolute Gasteiger partial charge is 0.399 e. The molecule has 4 aliphatic rings. The van der Waals surface area contributed by atoms with Crippen LogP contribution in [0.2, 0.25) is 0 Å². The first kappa shape index (κ1) is 52.9. The van der Waals surface area contributed by atoms with Crippen LogP contribution in [-0.2, 0) is 9.31 Å². The topological polar surface area (TPSA) is 176 Å². The maximum absolute atomic E-state index is 12.6. The van der Waals surface area contributed by atoms with Crippen LogP contribution in [0.1, 0.15) is 27.7 Å². The van der Waals surface area contributed by atoms with Crippen molar-refractivity contribution in [3.05, 3.63) is 112 Å². The number of nitro groups is 2. The van der Waals surface area contributed by atoms with E-state index in [1.165, 1.54) is 6.07 Å². The summed E-state index contributed by atoms with van der Waals surface area (Å²) in [4.78, 5) is 33.7. The molecular weight excluding hydrogens is 1050 g/mol. The van der Waals surface area contributed by atoms with Crippen LogP contribution in [0.4, 0.5) is 44.2 Å². The van der Waals surface area contributed by atoms with Gasteiger partial charge in [0.05, 0.1) is 43.8 Å². The maximum Gasteiger partial charge on any atom is 0.494 e. The fraction of sp³-hybridized carbons (Fsp3) is 0.467. The molecule has 8 rings (SSSR count). The highest BCUT2D eigenvalue weighted by atomic mass is 79.9. The monoisotopic (exact) mass is 1100 g/mol. The van der Waals surface area contributed by atoms with Crippen molar-refractivity contribution in [2.24, 2.45) is 0 Å². The summed E-state index contributed by atoms with van der Waals surface area (Å²) in [7, 11) is 6.02. The van der Waals surface area contributed by atoms with Crippen molar-refractivity contribution in [1.29, 1.82) is 0 Å². The van der Waals surface area contributed by atoms with Gasteiger partial charge in [-0.05, 0) is 109 Å². The molecule has 4 N–H and O–H groups in total. The Morgan fingerprint density at radius 2 is 0.894 bits per heavy atom. The van der Waals surface area contributed by atoms with Crippen molar-refractivity contribution in [2.75, 3.05) is 126 Å². The fourth-order valence-corrected chi connectivity index (χ4v) is 8.55. The third kappa shape index (κ3) is 14.2. The number of benzene rings is 4. The van der Waals surface area contributed by atoms with Crippen molar-refractivity contribution in [1.82, 2.24) is 14.7 Å². The molecule has 0 amide bonds. The molecule has 4 aromatic rings. The van der Waals surface area contributed by atoms with E-state index < -0.39 is 16.4 Å². The molecule has 358 valence electrons. The van der Waals surface area contributed by atoms with Crippen molar-refractivity contribution < 1.29 is 23.5 Å². The number of nitro benzene ring substituents is 2. The van der Waals surface area contributed by atoms with Crippen LogP contribution in [-0.4, -0.2) is 143 Å². The summed E-state index contributed by atoms with van der Waals surface area (Å²) in [6.45, 7) is 20.3. The highest BCUT2D eigenvalue weighted by molar-refractivity contribution is 9.11. The summed E-state index contributed by atoms with van der Waals surface area (Å²) in [5, 5.41) is 21.1. The summed E-state index contributed by atoms with van der Waals surface area (Å²) < 4.78 is 27.0. The fourth-order valence-electron chi connectivity index (χ4n) is 7.48. The van der Waals surface area contributed by atoms with Crippen molar-refractivity contribution in [3.8, 4) is 0 Å². The van der Waals surface area contributed by atoms with Crippen LogP contribution < -0.4 is 31.6 Å². The summed E-state index contributed by atoms with van der Waals surface area (Å²) in [6, 6.07) is 21.1. The Hall–Kier alpha value is -4.09. The van der Waals surface area contributed by atoms with Crippen LogP contribution in [0.3, 0.4) is 0 Å². The van der Waals surface area contributed by atoms with Crippen LogP contribution in [0.15, 0.2) is 86.2 Å². The predicted octanol–water partition coefficient (Wildman–Crippen LogP) is 7.71. The van der Waals surface area contributed by atoms with E-state index in [1.807, 2.05) is 30.3 Å². The number of piperazine rings is 3. The van der Waals surface area contributed by atoms with Gasteiger partial charge < -0.3 is 50.2 Å². The van der Waals surface area contributed by atoms with E-state index in [0.29, 0.717) is 10.2 Å². The number of nitrogen functional groups attached to an aromatic ring is 2. The van der Waals surface area contributed by atoms with Gasteiger partial charge in [-0.15, -0.1) is 0 Å². The zero-order valence-corrected chi connectivity index (χ0v) is 43.4. The lowest BCUT2D eigenvalue weighted by atomic mass is 9.78. The second-order valence-corrected chi connectivity index (χ2v) is 20.5. The predicted molar refractivity (Wildman–Crippen MR) is 276 cm³/mol. The number of hydrogen-bond donors (Lipinski definition) is 2. The van der Waals surface area contributed by atoms with E-state index in [4.69, 9.17) is 20.8 Å². The molecule has 4 aromatic carbocycles. The van der Waals surface area contributed by atoms with E-state index in [1.54, 1.807) is 6.07 Å². The van der Waals surface area contributed by atoms with Crippen LogP contribution in [0, 0.1) is 26.0 Å². The van der Waals surface area contributed by atoms with Crippen molar-refractivity contribution in [3.63, 3.8) is 0 Å². The molecule has 4 saturated heterocycles. The van der Waals surface area contributed by atoms with E-state index in [9.17, 15) is 24.6 Å². The Kier molecular flexibility index (Phi) is 18.7. The normalized spacial score (nSPS) is 18.6. The third-order valence-corrected chi connectivity index (χ3v) is 13.8. The molecule has 16 nitrogen and oxygen atoms in total. The summed E-state index contributed by atoms with van der Waals surface area (Å²) in [6.07, 6.45) is 0. The molecule has 4 fully saturated rings. The molecule has 0 radical (unpaired) electrons. The van der Waals surface area contributed by atoms with Gasteiger partial charge in [0.2, 0.25) is 5.82 Å². The average Bonchev–Trinajstić information content (AvgIpc) is 3.49. The minimum atomic E-state index is -0.821. The van der Waals surface area contributed by atoms with Crippen molar-refractivity contribution in [2.45, 2.75) is 38.9 Å². The van der Waals surface area contributed by atoms with E-state index in [2.05, 4.69) is 144 Å². The number of halogens is 4. The Bertz CT molecular complexity index is 2280. The molecular formula is C45H61BBr3FN10O6. The Labute approximate surface area is 413 Å². The van der Waals surface area contributed by atoms with E-state index >= 15 is 0 Å². The lowest BCUT2D eigenvalue weighted by Gasteiger charge is -2.34. The first-order valence-corrected chi connectivity index (χ1v) is 24.1. The minimum Gasteiger partial charge on any atom is -0.399 e. The Morgan fingerprint density at radius 3 is 1.29 bits per heavy atom. The zero-order chi connectivity index (χ0) is 48.5. The number of hydrogen-bond acceptors (Lipinski definition) is 14. The Morgan fingerprint density at radius 1 is 0.545 bits per heavy atom. The molecule has 0 atom stereocenters. The first-order chi connectivity index (χ1) is 31.0. The molecule has 0 unspecified atom stereocenters. The van der Waals surface area contributed by atoms with Gasteiger partial charge in [-0.2, -0.15) is 4.39 Å². The van der Waals surface area contributed by atoms with Gasteiger partial charge in [0, 0.05) is 104 Å². The van der Waals surface area contributed by atoms with Crippen LogP contribution in [0.25, 0.3) is 0 Å². The van der Waals surface area contributed by atoms with Gasteiger partial charge in [-0.25, -0.2) is 0 Å². The second kappa shape index (κ2) is 23.3. The zero-order valence-electron chi connectivity index (χ0n) is 38.7. The number of likely N-dealkylation sites (N-methyl/N-ethyl adjacent to an activating group) is 3. The highest BCUT2D eigenvalue weighted by Crippen LogP contribution is 2.37. The molecule has 0 saturated carbocycles. The second-order valence-electron chi connectivity index (χ2n) is 17.7. The molecule has 4 heterocycles. The average molecular weight is 1110 g/mol. The van der Waals surface area contributed by atoms with E-state index in [-0.39, 0.29) is 28.9 Å². The summed E-state index contributed by atoms with van der Waals surface area (Å²) in [5.74, 6) is -0.821. The SMILES string of the molecule is CN1CCN(c2ccc(B3OC(C)(C)C(C)(C)O3)cc2N)CC1.CN1CCN(c2ccc(Br)cc2N)CC1.CN1CCN(c2ccc(Br)cc2[N+](=O)[O-])CC1.O=[N+]([O-])c1cc(Br)ccc1F. The molecule has 0 bridgehead atoms. The van der Waals surface area contributed by atoms with Gasteiger partial charge in [-0.3, -0.25) is 20.2 Å². The minimum absolute atomic E-state index is 0.170. The third-order valence-electron chi connectivity index (χ3n) is 12.3. The molecule has 21 heteroatoms. The van der Waals surface area contributed by atoms with Gasteiger partial charge in [0.15, 0.2) is 0 Å². The molecule has 66 heavy (non-hydrogen) atoms. The number of rotatable bonds is 6. The van der Waals surface area contributed by atoms with Crippen molar-refractivity contribution >= 4 is 100 Å². The van der Waals surface area contributed by atoms with Crippen LogP contribution >= 0.6 is 47.8 Å². The Balaban J connectivity index is 0.000000171. The molecule has 0 aliphatic carbocycles. The summed E-state index contributed by atoms with van der Waals surface area (Å²) in [5.41, 5.74) is 16.9. The quantitative estimate of drug-likeness (QED) is 0.0831. The number of anilines is 5. The standard InChI is InChI=1S/C17H28BN3O2.C11H14BrN3O2.C11H16BrN3.C6H3BrFNO2/c1-16(2)17(3,4)23-18(22-16)13-6-7-15(14(19)12-13)21-10-8-20(5)9-11-21;1-13-4-6-14(7-5-13)10-3-2-9(12)8-11(10)15(16)17;1-14-4-6-15(7-5-14)11-3-2-9(12)8-10(11)13;7-4-1-2-5(8)6(3-4)9(10)11/h6-7,12H,8-11,19H2,1-5H3;2-3,8H,4-7H2,1H3;2-3,8H,4-7,13H2,1H3;1-3H. The van der Waals surface area contributed by atoms with E-state index in [0.717, 1.165) is 128 Å². The molecule has 0 spiro atoms. The first-order valence-electron chi connectivity index (χ1n) is 21.7. The summed E-state index contributed by atoms with van der Waals surface area (Å²) >= 11 is 9.68. The van der Waals surface area contributed by atoms with Gasteiger partial charge in [-0.1, -0.05) is 53.9 Å². The van der Waals surface area contributed by atoms with Crippen LogP contribution in [0.5, 0.6) is 0 Å². The number of nitrogens with zero attached hydrogens (tertiary/aromatic N) is 8. The lowest BCUT2D eigenvalue weighted by Crippen LogP contribution is -2.45. The molecule has 0 aromatic heterocycles. The lowest BCUT2D eigenvalue weighted by molar-refractivity contribution is -0.387.